The molecule has 3 nitrogen and oxygen atoms in total. The molecule has 1 unspecified atom stereocenters. The Bertz CT molecular complexity index is 208. The van der Waals surface area contributed by atoms with E-state index in [1.54, 1.807) is 13.8 Å². The van der Waals surface area contributed by atoms with Crippen molar-refractivity contribution in [3.63, 3.8) is 0 Å². The van der Waals surface area contributed by atoms with Crippen molar-refractivity contribution in [1.82, 2.24) is 0 Å². The maximum atomic E-state index is 11.5. The summed E-state index contributed by atoms with van der Waals surface area (Å²) in [4.78, 5) is 11.5. The Morgan fingerprint density at radius 3 is 2.47 bits per heavy atom. The van der Waals surface area contributed by atoms with Crippen molar-refractivity contribution in [1.29, 1.82) is 0 Å². The number of thioether (sulfide) groups is 1. The minimum absolute atomic E-state index is 0.279. The number of hydrogen-bond acceptors (Lipinski definition) is 4. The third kappa shape index (κ3) is 8.50. The van der Waals surface area contributed by atoms with Gasteiger partial charge in [0.05, 0.1) is 6.61 Å². The molecule has 0 aromatic rings. The van der Waals surface area contributed by atoms with Crippen molar-refractivity contribution in [3.05, 3.63) is 0 Å². The van der Waals surface area contributed by atoms with Crippen LogP contribution in [0.25, 0.3) is 0 Å². The van der Waals surface area contributed by atoms with Gasteiger partial charge in [0, 0.05) is 0 Å². The van der Waals surface area contributed by atoms with Gasteiger partial charge in [-0.1, -0.05) is 19.8 Å². The SMILES string of the molecule is CCCCSCCCCC(C)(N)C(=O)OCC. The molecule has 0 fully saturated rings. The fraction of sp³-hybridized carbons (Fsp3) is 0.923. The fourth-order valence-electron chi connectivity index (χ4n) is 1.44. The molecule has 4 heteroatoms. The summed E-state index contributed by atoms with van der Waals surface area (Å²) >= 11 is 1.99. The Morgan fingerprint density at radius 1 is 1.24 bits per heavy atom. The number of carbonyl (C=O) groups is 1. The number of unbranched alkanes of at least 4 members (excludes halogenated alkanes) is 2. The summed E-state index contributed by atoms with van der Waals surface area (Å²) in [6.45, 7) is 6.17. The second kappa shape index (κ2) is 9.77. The number of nitrogens with two attached hydrogens (primary N) is 1. The lowest BCUT2D eigenvalue weighted by Gasteiger charge is -2.21. The zero-order chi connectivity index (χ0) is 13.1. The van der Waals surface area contributed by atoms with Gasteiger partial charge in [-0.2, -0.15) is 11.8 Å². The van der Waals surface area contributed by atoms with Crippen LogP contribution in [0.2, 0.25) is 0 Å². The number of hydrogen-bond donors (Lipinski definition) is 1. The first-order valence-corrected chi connectivity index (χ1v) is 7.74. The Kier molecular flexibility index (Phi) is 9.65. The topological polar surface area (TPSA) is 52.3 Å². The van der Waals surface area contributed by atoms with Crippen LogP contribution in [0, 0.1) is 0 Å². The van der Waals surface area contributed by atoms with Gasteiger partial charge in [-0.25, -0.2) is 0 Å². The number of esters is 1. The Morgan fingerprint density at radius 2 is 1.88 bits per heavy atom. The first kappa shape index (κ1) is 16.8. The van der Waals surface area contributed by atoms with E-state index < -0.39 is 5.54 Å². The molecule has 0 heterocycles. The first-order chi connectivity index (χ1) is 8.04. The van der Waals surface area contributed by atoms with Crippen molar-refractivity contribution in [2.45, 2.75) is 58.4 Å². The molecule has 0 aliphatic carbocycles. The van der Waals surface area contributed by atoms with Crippen LogP contribution in [0.1, 0.15) is 52.9 Å². The van der Waals surface area contributed by atoms with E-state index in [1.165, 1.54) is 24.3 Å². The number of carbonyl (C=O) groups excluding carboxylic acids is 1. The molecule has 0 radical (unpaired) electrons. The largest absolute Gasteiger partial charge is 0.465 e. The Balaban J connectivity index is 3.55. The van der Waals surface area contributed by atoms with Gasteiger partial charge in [0.25, 0.3) is 0 Å². The molecule has 2 N–H and O–H groups in total. The zero-order valence-corrected chi connectivity index (χ0v) is 12.3. The Hall–Kier alpha value is -0.220. The molecule has 0 spiro atoms. The van der Waals surface area contributed by atoms with Crippen LogP contribution >= 0.6 is 11.8 Å². The third-order valence-corrected chi connectivity index (χ3v) is 3.77. The molecule has 0 aliphatic rings. The highest BCUT2D eigenvalue weighted by Gasteiger charge is 2.28. The van der Waals surface area contributed by atoms with Crippen LogP contribution in [0.5, 0.6) is 0 Å². The highest BCUT2D eigenvalue weighted by Crippen LogP contribution is 2.15. The number of rotatable bonds is 10. The molecule has 0 rings (SSSR count). The van der Waals surface area contributed by atoms with E-state index in [4.69, 9.17) is 10.5 Å². The molecule has 102 valence electrons. The van der Waals surface area contributed by atoms with Gasteiger partial charge in [0.2, 0.25) is 0 Å². The van der Waals surface area contributed by atoms with E-state index in [0.29, 0.717) is 13.0 Å². The van der Waals surface area contributed by atoms with Crippen LogP contribution in [0.4, 0.5) is 0 Å². The van der Waals surface area contributed by atoms with E-state index in [0.717, 1.165) is 12.8 Å². The quantitative estimate of drug-likeness (QED) is 0.485. The predicted octanol–water partition coefficient (Wildman–Crippen LogP) is 2.97. The average Bonchev–Trinajstić information content (AvgIpc) is 2.28. The van der Waals surface area contributed by atoms with Crippen molar-refractivity contribution in [2.75, 3.05) is 18.1 Å². The van der Waals surface area contributed by atoms with Gasteiger partial charge in [0.15, 0.2) is 0 Å². The highest BCUT2D eigenvalue weighted by atomic mass is 32.2. The van der Waals surface area contributed by atoms with Crippen LogP contribution < -0.4 is 5.73 Å². The normalized spacial score (nSPS) is 14.4. The predicted molar refractivity (Wildman–Crippen MR) is 75.3 cm³/mol. The van der Waals surface area contributed by atoms with Gasteiger partial charge in [-0.15, -0.1) is 0 Å². The van der Waals surface area contributed by atoms with Crippen molar-refractivity contribution < 1.29 is 9.53 Å². The third-order valence-electron chi connectivity index (χ3n) is 2.62. The molecule has 0 aromatic carbocycles. The molecule has 0 saturated carbocycles. The lowest BCUT2D eigenvalue weighted by Crippen LogP contribution is -2.46. The summed E-state index contributed by atoms with van der Waals surface area (Å²) in [5.41, 5.74) is 5.11. The van der Waals surface area contributed by atoms with Crippen LogP contribution in [-0.2, 0) is 9.53 Å². The highest BCUT2D eigenvalue weighted by molar-refractivity contribution is 7.99. The van der Waals surface area contributed by atoms with E-state index in [2.05, 4.69) is 6.92 Å². The molecule has 0 saturated heterocycles. The van der Waals surface area contributed by atoms with Gasteiger partial charge in [-0.3, -0.25) is 4.79 Å². The Labute approximate surface area is 110 Å². The van der Waals surface area contributed by atoms with E-state index in [9.17, 15) is 4.79 Å². The second-order valence-corrected chi connectivity index (χ2v) is 5.79. The summed E-state index contributed by atoms with van der Waals surface area (Å²) in [6, 6.07) is 0. The van der Waals surface area contributed by atoms with E-state index in [1.807, 2.05) is 11.8 Å². The monoisotopic (exact) mass is 261 g/mol. The van der Waals surface area contributed by atoms with Crippen LogP contribution in [0.3, 0.4) is 0 Å². The zero-order valence-electron chi connectivity index (χ0n) is 11.5. The lowest BCUT2D eigenvalue weighted by molar-refractivity contribution is -0.149. The molecule has 17 heavy (non-hydrogen) atoms. The summed E-state index contributed by atoms with van der Waals surface area (Å²) in [5.74, 6) is 2.13. The summed E-state index contributed by atoms with van der Waals surface area (Å²) < 4.78 is 4.95. The van der Waals surface area contributed by atoms with E-state index >= 15 is 0 Å². The summed E-state index contributed by atoms with van der Waals surface area (Å²) in [6.07, 6.45) is 5.38. The van der Waals surface area contributed by atoms with Gasteiger partial charge < -0.3 is 10.5 Å². The standard InChI is InChI=1S/C13H27NO2S/c1-4-6-10-17-11-8-7-9-13(3,14)12(15)16-5-2/h4-11,14H2,1-3H3. The van der Waals surface area contributed by atoms with Gasteiger partial charge in [-0.05, 0) is 44.6 Å². The fourth-order valence-corrected chi connectivity index (χ4v) is 2.55. The van der Waals surface area contributed by atoms with Gasteiger partial charge in [0.1, 0.15) is 5.54 Å². The number of ether oxygens (including phenoxy) is 1. The average molecular weight is 261 g/mol. The molecular weight excluding hydrogens is 234 g/mol. The van der Waals surface area contributed by atoms with Crippen LogP contribution in [0.15, 0.2) is 0 Å². The molecule has 1 atom stereocenters. The van der Waals surface area contributed by atoms with Crippen molar-refractivity contribution in [3.8, 4) is 0 Å². The lowest BCUT2D eigenvalue weighted by atomic mass is 9.96. The summed E-state index contributed by atoms with van der Waals surface area (Å²) in [7, 11) is 0. The molecule has 0 aromatic heterocycles. The second-order valence-electron chi connectivity index (χ2n) is 4.56. The van der Waals surface area contributed by atoms with Crippen LogP contribution in [-0.4, -0.2) is 29.6 Å². The van der Waals surface area contributed by atoms with E-state index in [-0.39, 0.29) is 5.97 Å². The molecular formula is C13H27NO2S. The van der Waals surface area contributed by atoms with Crippen molar-refractivity contribution in [2.24, 2.45) is 5.73 Å². The maximum absolute atomic E-state index is 11.5. The summed E-state index contributed by atoms with van der Waals surface area (Å²) in [5, 5.41) is 0. The maximum Gasteiger partial charge on any atom is 0.325 e. The van der Waals surface area contributed by atoms with Gasteiger partial charge >= 0.3 is 5.97 Å². The minimum Gasteiger partial charge on any atom is -0.465 e. The smallest absolute Gasteiger partial charge is 0.325 e. The molecule has 0 aliphatic heterocycles. The minimum atomic E-state index is -0.815. The molecule has 0 amide bonds. The van der Waals surface area contributed by atoms with Crippen molar-refractivity contribution >= 4 is 17.7 Å². The first-order valence-electron chi connectivity index (χ1n) is 6.58. The molecule has 0 bridgehead atoms.